The zero-order valence-electron chi connectivity index (χ0n) is 14.5. The first kappa shape index (κ1) is 19.4. The summed E-state index contributed by atoms with van der Waals surface area (Å²) >= 11 is 0. The topological polar surface area (TPSA) is 59.6 Å². The standard InChI is InChI=1S/C18H19F3N2O3/c1-11(22-14-8-15(25-2)10-16(9-14)26-3)17(24)23-13-6-4-12(5-7-13)18(19,20)21/h4-11,22H,1-3H3,(H,23,24)/t11-/m0/s1. The van der Waals surface area contributed by atoms with Gasteiger partial charge in [0.15, 0.2) is 0 Å². The molecule has 0 saturated heterocycles. The predicted octanol–water partition coefficient (Wildman–Crippen LogP) is 4.16. The fraction of sp³-hybridized carbons (Fsp3) is 0.278. The number of alkyl halides is 3. The molecule has 0 fully saturated rings. The van der Waals surface area contributed by atoms with Crippen molar-refractivity contribution in [2.24, 2.45) is 0 Å². The molecule has 2 N–H and O–H groups in total. The lowest BCUT2D eigenvalue weighted by Crippen LogP contribution is -2.31. The maximum absolute atomic E-state index is 12.6. The number of hydrogen-bond acceptors (Lipinski definition) is 4. The van der Waals surface area contributed by atoms with Crippen molar-refractivity contribution < 1.29 is 27.4 Å². The summed E-state index contributed by atoms with van der Waals surface area (Å²) in [4.78, 5) is 12.2. The molecule has 140 valence electrons. The second kappa shape index (κ2) is 7.99. The first-order valence-electron chi connectivity index (χ1n) is 7.70. The number of methoxy groups -OCH3 is 2. The van der Waals surface area contributed by atoms with E-state index in [1.165, 1.54) is 26.4 Å². The molecule has 2 aromatic rings. The molecule has 2 aromatic carbocycles. The molecule has 0 heterocycles. The Bertz CT molecular complexity index is 739. The highest BCUT2D eigenvalue weighted by molar-refractivity contribution is 5.96. The van der Waals surface area contributed by atoms with E-state index in [9.17, 15) is 18.0 Å². The number of amides is 1. The zero-order chi connectivity index (χ0) is 19.3. The highest BCUT2D eigenvalue weighted by Crippen LogP contribution is 2.30. The minimum atomic E-state index is -4.41. The lowest BCUT2D eigenvalue weighted by molar-refractivity contribution is -0.137. The van der Waals surface area contributed by atoms with Crippen molar-refractivity contribution in [2.45, 2.75) is 19.1 Å². The van der Waals surface area contributed by atoms with E-state index in [1.807, 2.05) is 0 Å². The average Bonchev–Trinajstić information content (AvgIpc) is 2.60. The van der Waals surface area contributed by atoms with Crippen LogP contribution in [0.25, 0.3) is 0 Å². The van der Waals surface area contributed by atoms with Gasteiger partial charge in [0.2, 0.25) is 5.91 Å². The Balaban J connectivity index is 2.03. The largest absolute Gasteiger partial charge is 0.497 e. The van der Waals surface area contributed by atoms with Gasteiger partial charge < -0.3 is 20.1 Å². The van der Waals surface area contributed by atoms with E-state index in [1.54, 1.807) is 25.1 Å². The molecule has 2 rings (SSSR count). The Morgan fingerprint density at radius 1 is 0.962 bits per heavy atom. The number of anilines is 2. The average molecular weight is 368 g/mol. The van der Waals surface area contributed by atoms with Gasteiger partial charge in [0.1, 0.15) is 17.5 Å². The molecule has 5 nitrogen and oxygen atoms in total. The highest BCUT2D eigenvalue weighted by atomic mass is 19.4. The van der Waals surface area contributed by atoms with Crippen LogP contribution in [0.5, 0.6) is 11.5 Å². The minimum absolute atomic E-state index is 0.278. The molecule has 0 unspecified atom stereocenters. The smallest absolute Gasteiger partial charge is 0.416 e. The third-order valence-corrected chi connectivity index (χ3v) is 3.61. The Kier molecular flexibility index (Phi) is 5.97. The molecule has 0 aliphatic rings. The van der Waals surface area contributed by atoms with Crippen LogP contribution < -0.4 is 20.1 Å². The molecule has 1 amide bonds. The van der Waals surface area contributed by atoms with Crippen LogP contribution in [-0.2, 0) is 11.0 Å². The van der Waals surface area contributed by atoms with Crippen molar-refractivity contribution in [2.75, 3.05) is 24.9 Å². The van der Waals surface area contributed by atoms with Crippen LogP contribution in [-0.4, -0.2) is 26.2 Å². The van der Waals surface area contributed by atoms with Gasteiger partial charge in [-0.25, -0.2) is 0 Å². The summed E-state index contributed by atoms with van der Waals surface area (Å²) in [6.45, 7) is 1.63. The van der Waals surface area contributed by atoms with Gasteiger partial charge in [0.25, 0.3) is 0 Å². The van der Waals surface area contributed by atoms with Crippen molar-refractivity contribution in [1.29, 1.82) is 0 Å². The van der Waals surface area contributed by atoms with Crippen molar-refractivity contribution >= 4 is 17.3 Å². The molecule has 0 aliphatic heterocycles. The molecule has 0 aromatic heterocycles. The zero-order valence-corrected chi connectivity index (χ0v) is 14.5. The summed E-state index contributed by atoms with van der Waals surface area (Å²) in [5.41, 5.74) is 0.112. The maximum atomic E-state index is 12.6. The number of hydrogen-bond donors (Lipinski definition) is 2. The summed E-state index contributed by atoms with van der Waals surface area (Å²) in [5, 5.41) is 5.56. The molecule has 0 bridgehead atoms. The summed E-state index contributed by atoms with van der Waals surface area (Å²) in [7, 11) is 3.03. The number of rotatable bonds is 6. The first-order valence-corrected chi connectivity index (χ1v) is 7.70. The van der Waals surface area contributed by atoms with E-state index in [0.717, 1.165) is 12.1 Å². The SMILES string of the molecule is COc1cc(N[C@@H](C)C(=O)Nc2ccc(C(F)(F)F)cc2)cc(OC)c1. The summed E-state index contributed by atoms with van der Waals surface area (Å²) < 4.78 is 48.0. The van der Waals surface area contributed by atoms with Crippen LogP contribution in [0.4, 0.5) is 24.5 Å². The Hall–Kier alpha value is -2.90. The molecular formula is C18H19F3N2O3. The van der Waals surface area contributed by atoms with Crippen molar-refractivity contribution in [3.63, 3.8) is 0 Å². The third kappa shape index (κ3) is 5.05. The number of halogens is 3. The Morgan fingerprint density at radius 3 is 1.96 bits per heavy atom. The van der Waals surface area contributed by atoms with Crippen LogP contribution in [0.3, 0.4) is 0 Å². The van der Waals surface area contributed by atoms with Gasteiger partial charge in [0.05, 0.1) is 19.8 Å². The van der Waals surface area contributed by atoms with Gasteiger partial charge in [-0.2, -0.15) is 13.2 Å². The fourth-order valence-corrected chi connectivity index (χ4v) is 2.20. The molecule has 0 aliphatic carbocycles. The highest BCUT2D eigenvalue weighted by Gasteiger charge is 2.30. The van der Waals surface area contributed by atoms with Crippen LogP contribution >= 0.6 is 0 Å². The Labute approximate surface area is 149 Å². The number of carbonyl (C=O) groups is 1. The van der Waals surface area contributed by atoms with Gasteiger partial charge in [0, 0.05) is 29.6 Å². The number of ether oxygens (including phenoxy) is 2. The number of carbonyl (C=O) groups excluding carboxylic acids is 1. The van der Waals surface area contributed by atoms with E-state index in [4.69, 9.17) is 9.47 Å². The predicted molar refractivity (Wildman–Crippen MR) is 92.7 cm³/mol. The van der Waals surface area contributed by atoms with Crippen LogP contribution in [0.15, 0.2) is 42.5 Å². The van der Waals surface area contributed by atoms with Crippen molar-refractivity contribution in [3.8, 4) is 11.5 Å². The normalized spacial score (nSPS) is 12.2. The van der Waals surface area contributed by atoms with Gasteiger partial charge in [-0.3, -0.25) is 4.79 Å². The second-order valence-corrected chi connectivity index (χ2v) is 5.53. The van der Waals surface area contributed by atoms with Crippen LogP contribution in [0, 0.1) is 0 Å². The molecule has 8 heteroatoms. The van der Waals surface area contributed by atoms with E-state index >= 15 is 0 Å². The molecular weight excluding hydrogens is 349 g/mol. The monoisotopic (exact) mass is 368 g/mol. The summed E-state index contributed by atoms with van der Waals surface area (Å²) in [5.74, 6) is 0.718. The van der Waals surface area contributed by atoms with E-state index < -0.39 is 23.7 Å². The third-order valence-electron chi connectivity index (χ3n) is 3.61. The molecule has 0 saturated carbocycles. The van der Waals surface area contributed by atoms with Gasteiger partial charge in [-0.05, 0) is 31.2 Å². The van der Waals surface area contributed by atoms with Crippen LogP contribution in [0.2, 0.25) is 0 Å². The Morgan fingerprint density at radius 2 is 1.50 bits per heavy atom. The first-order chi connectivity index (χ1) is 12.2. The number of nitrogens with one attached hydrogen (secondary N) is 2. The maximum Gasteiger partial charge on any atom is 0.416 e. The van der Waals surface area contributed by atoms with E-state index in [0.29, 0.717) is 17.2 Å². The van der Waals surface area contributed by atoms with Gasteiger partial charge in [-0.15, -0.1) is 0 Å². The van der Waals surface area contributed by atoms with Gasteiger partial charge in [-0.1, -0.05) is 0 Å². The molecule has 0 spiro atoms. The second-order valence-electron chi connectivity index (χ2n) is 5.53. The van der Waals surface area contributed by atoms with Crippen molar-refractivity contribution in [1.82, 2.24) is 0 Å². The number of benzene rings is 2. The van der Waals surface area contributed by atoms with E-state index in [-0.39, 0.29) is 5.69 Å². The molecule has 26 heavy (non-hydrogen) atoms. The summed E-state index contributed by atoms with van der Waals surface area (Å²) in [6.07, 6.45) is -4.41. The van der Waals surface area contributed by atoms with E-state index in [2.05, 4.69) is 10.6 Å². The van der Waals surface area contributed by atoms with Gasteiger partial charge >= 0.3 is 6.18 Å². The fourth-order valence-electron chi connectivity index (χ4n) is 2.20. The molecule has 1 atom stereocenters. The molecule has 0 radical (unpaired) electrons. The minimum Gasteiger partial charge on any atom is -0.497 e. The lowest BCUT2D eigenvalue weighted by Gasteiger charge is -2.17. The van der Waals surface area contributed by atoms with Crippen molar-refractivity contribution in [3.05, 3.63) is 48.0 Å². The summed E-state index contributed by atoms with van der Waals surface area (Å²) in [6, 6.07) is 8.70. The van der Waals surface area contributed by atoms with Crippen LogP contribution in [0.1, 0.15) is 12.5 Å². The lowest BCUT2D eigenvalue weighted by atomic mass is 10.2. The quantitative estimate of drug-likeness (QED) is 0.804.